The van der Waals surface area contributed by atoms with Crippen molar-refractivity contribution < 1.29 is 14.3 Å². The molecule has 2 aromatic carbocycles. The molecule has 1 unspecified atom stereocenters. The number of ether oxygens (including phenoxy) is 1. The zero-order chi connectivity index (χ0) is 20.1. The Labute approximate surface area is 171 Å². The molecule has 0 aliphatic heterocycles. The highest BCUT2D eigenvalue weighted by atomic mass is 35.5. The zero-order valence-corrected chi connectivity index (χ0v) is 16.8. The highest BCUT2D eigenvalue weighted by Crippen LogP contribution is 2.23. The van der Waals surface area contributed by atoms with Crippen LogP contribution in [0.25, 0.3) is 0 Å². The molecule has 8 heteroatoms. The van der Waals surface area contributed by atoms with Gasteiger partial charge in [0.1, 0.15) is 5.75 Å². The molecule has 2 N–H and O–H groups in total. The van der Waals surface area contributed by atoms with Crippen molar-refractivity contribution in [2.24, 2.45) is 0 Å². The molecule has 1 atom stereocenters. The number of aromatic nitrogens is 1. The van der Waals surface area contributed by atoms with E-state index < -0.39 is 6.10 Å². The number of nitrogens with one attached hydrogen (secondary N) is 2. The van der Waals surface area contributed by atoms with Gasteiger partial charge in [0, 0.05) is 27.9 Å². The molecule has 3 rings (SSSR count). The summed E-state index contributed by atoms with van der Waals surface area (Å²) in [5.41, 5.74) is 1.75. The average molecular weight is 416 g/mol. The van der Waals surface area contributed by atoms with Crippen molar-refractivity contribution in [1.82, 2.24) is 4.98 Å². The van der Waals surface area contributed by atoms with Crippen molar-refractivity contribution in [2.75, 3.05) is 10.6 Å². The fourth-order valence-electron chi connectivity index (χ4n) is 2.43. The summed E-state index contributed by atoms with van der Waals surface area (Å²) in [6.07, 6.45) is 0.883. The first-order chi connectivity index (χ1) is 13.4. The Morgan fingerprint density at radius 3 is 2.71 bits per heavy atom. The van der Waals surface area contributed by atoms with Gasteiger partial charge in [-0.2, -0.15) is 0 Å². The number of thiazole rings is 1. The van der Waals surface area contributed by atoms with E-state index in [0.29, 0.717) is 27.2 Å². The molecule has 0 saturated carbocycles. The van der Waals surface area contributed by atoms with E-state index in [1.54, 1.807) is 61.0 Å². The molecule has 0 bridgehead atoms. The molecule has 0 aliphatic carbocycles. The largest absolute Gasteiger partial charge is 0.481 e. The molecule has 144 valence electrons. The van der Waals surface area contributed by atoms with Crippen LogP contribution >= 0.6 is 22.9 Å². The van der Waals surface area contributed by atoms with Crippen LogP contribution < -0.4 is 15.4 Å². The summed E-state index contributed by atoms with van der Waals surface area (Å²) in [6.45, 7) is 3.51. The zero-order valence-electron chi connectivity index (χ0n) is 15.2. The summed E-state index contributed by atoms with van der Waals surface area (Å²) in [5, 5.41) is 8.36. The lowest BCUT2D eigenvalue weighted by atomic mass is 10.2. The second-order valence-corrected chi connectivity index (χ2v) is 7.36. The van der Waals surface area contributed by atoms with Gasteiger partial charge in [-0.25, -0.2) is 4.98 Å². The molecular formula is C20H18ClN3O3S. The van der Waals surface area contributed by atoms with Crippen LogP contribution in [0.2, 0.25) is 5.02 Å². The van der Waals surface area contributed by atoms with E-state index in [2.05, 4.69) is 15.6 Å². The Morgan fingerprint density at radius 1 is 1.18 bits per heavy atom. The Morgan fingerprint density at radius 2 is 2.00 bits per heavy atom. The molecule has 0 fully saturated rings. The highest BCUT2D eigenvalue weighted by molar-refractivity contribution is 7.13. The average Bonchev–Trinajstić information content (AvgIpc) is 3.17. The van der Waals surface area contributed by atoms with Crippen LogP contribution in [0.1, 0.15) is 22.8 Å². The second-order valence-electron chi connectivity index (χ2n) is 6.03. The van der Waals surface area contributed by atoms with Gasteiger partial charge in [-0.1, -0.05) is 17.7 Å². The maximum Gasteiger partial charge on any atom is 0.265 e. The van der Waals surface area contributed by atoms with Crippen LogP contribution in [0.3, 0.4) is 0 Å². The van der Waals surface area contributed by atoms with Crippen LogP contribution in [-0.2, 0) is 4.79 Å². The molecule has 1 heterocycles. The Kier molecular flexibility index (Phi) is 6.28. The van der Waals surface area contributed by atoms with Crippen LogP contribution in [0.5, 0.6) is 5.75 Å². The van der Waals surface area contributed by atoms with Crippen molar-refractivity contribution in [3.63, 3.8) is 0 Å². The van der Waals surface area contributed by atoms with Crippen LogP contribution in [0, 0.1) is 6.92 Å². The number of carbonyl (C=O) groups excluding carboxylic acids is 2. The Bertz CT molecular complexity index is 992. The molecule has 0 aliphatic rings. The first-order valence-electron chi connectivity index (χ1n) is 8.47. The Hall–Kier alpha value is -2.90. The quantitative estimate of drug-likeness (QED) is 0.608. The van der Waals surface area contributed by atoms with Gasteiger partial charge in [0.05, 0.1) is 0 Å². The minimum atomic E-state index is -0.729. The fraction of sp³-hybridized carbons (Fsp3) is 0.150. The smallest absolute Gasteiger partial charge is 0.265 e. The van der Waals surface area contributed by atoms with E-state index >= 15 is 0 Å². The predicted octanol–water partition coefficient (Wildman–Crippen LogP) is 4.76. The van der Waals surface area contributed by atoms with Crippen molar-refractivity contribution >= 4 is 45.6 Å². The number of benzene rings is 2. The number of aryl methyl sites for hydroxylation is 1. The number of anilines is 2. The molecule has 28 heavy (non-hydrogen) atoms. The molecule has 6 nitrogen and oxygen atoms in total. The van der Waals surface area contributed by atoms with Gasteiger partial charge in [0.25, 0.3) is 11.8 Å². The maximum atomic E-state index is 12.5. The normalized spacial score (nSPS) is 11.5. The number of rotatable bonds is 6. The van der Waals surface area contributed by atoms with Gasteiger partial charge in [-0.3, -0.25) is 14.9 Å². The van der Waals surface area contributed by atoms with Gasteiger partial charge in [-0.05, 0) is 55.8 Å². The summed E-state index contributed by atoms with van der Waals surface area (Å²) < 4.78 is 5.73. The van der Waals surface area contributed by atoms with Crippen molar-refractivity contribution in [2.45, 2.75) is 20.0 Å². The third-order valence-electron chi connectivity index (χ3n) is 3.86. The molecule has 0 saturated heterocycles. The van der Waals surface area contributed by atoms with E-state index in [-0.39, 0.29) is 11.8 Å². The first kappa shape index (κ1) is 19.9. The molecule has 0 radical (unpaired) electrons. The van der Waals surface area contributed by atoms with Gasteiger partial charge in [0.15, 0.2) is 11.2 Å². The topological polar surface area (TPSA) is 80.3 Å². The fourth-order valence-corrected chi connectivity index (χ4v) is 3.18. The predicted molar refractivity (Wildman–Crippen MR) is 111 cm³/mol. The number of amides is 2. The number of carbonyl (C=O) groups is 2. The summed E-state index contributed by atoms with van der Waals surface area (Å²) in [7, 11) is 0. The summed E-state index contributed by atoms with van der Waals surface area (Å²) in [6, 6.07) is 11.9. The molecular weight excluding hydrogens is 398 g/mol. The lowest BCUT2D eigenvalue weighted by Gasteiger charge is -2.16. The third-order valence-corrected chi connectivity index (χ3v) is 4.78. The van der Waals surface area contributed by atoms with Gasteiger partial charge >= 0.3 is 0 Å². The van der Waals surface area contributed by atoms with Crippen molar-refractivity contribution in [3.05, 3.63) is 70.2 Å². The highest BCUT2D eigenvalue weighted by Gasteiger charge is 2.17. The minimum Gasteiger partial charge on any atom is -0.481 e. The lowest BCUT2D eigenvalue weighted by molar-refractivity contribution is -0.122. The SMILES string of the molecule is Cc1cc(Cl)ccc1OC(C)C(=O)Nc1cccc(C(=O)Nc2nccs2)c1. The standard InChI is InChI=1S/C20H18ClN3O3S/c1-12-10-15(21)6-7-17(12)27-13(2)18(25)23-16-5-3-4-14(11-16)19(26)24-20-22-8-9-28-20/h3-11,13H,1-2H3,(H,23,25)(H,22,24,26). The van der Waals surface area contributed by atoms with E-state index in [1.807, 2.05) is 6.92 Å². The number of halogens is 1. The van der Waals surface area contributed by atoms with Gasteiger partial charge < -0.3 is 10.1 Å². The van der Waals surface area contributed by atoms with Gasteiger partial charge in [0.2, 0.25) is 0 Å². The number of nitrogens with zero attached hydrogens (tertiary/aromatic N) is 1. The van der Waals surface area contributed by atoms with E-state index in [9.17, 15) is 9.59 Å². The summed E-state index contributed by atoms with van der Waals surface area (Å²) in [5.74, 6) is -0.0393. The maximum absolute atomic E-state index is 12.5. The molecule has 0 spiro atoms. The molecule has 1 aromatic heterocycles. The van der Waals surface area contributed by atoms with Crippen LogP contribution in [-0.4, -0.2) is 22.9 Å². The van der Waals surface area contributed by atoms with Gasteiger partial charge in [-0.15, -0.1) is 11.3 Å². The summed E-state index contributed by atoms with van der Waals surface area (Å²) >= 11 is 7.27. The minimum absolute atomic E-state index is 0.299. The van der Waals surface area contributed by atoms with E-state index in [0.717, 1.165) is 5.56 Å². The van der Waals surface area contributed by atoms with Crippen LogP contribution in [0.15, 0.2) is 54.0 Å². The molecule has 2 amide bonds. The third kappa shape index (κ3) is 5.09. The Balaban J connectivity index is 1.64. The second kappa shape index (κ2) is 8.86. The summed E-state index contributed by atoms with van der Waals surface area (Å²) in [4.78, 5) is 28.8. The number of hydrogen-bond acceptors (Lipinski definition) is 5. The van der Waals surface area contributed by atoms with Crippen molar-refractivity contribution in [3.8, 4) is 5.75 Å². The monoisotopic (exact) mass is 415 g/mol. The first-order valence-corrected chi connectivity index (χ1v) is 9.73. The van der Waals surface area contributed by atoms with Crippen molar-refractivity contribution in [1.29, 1.82) is 0 Å². The van der Waals surface area contributed by atoms with Crippen LogP contribution in [0.4, 0.5) is 10.8 Å². The molecule has 3 aromatic rings. The number of hydrogen-bond donors (Lipinski definition) is 2. The van der Waals surface area contributed by atoms with E-state index in [4.69, 9.17) is 16.3 Å². The van der Waals surface area contributed by atoms with E-state index in [1.165, 1.54) is 11.3 Å². The lowest BCUT2D eigenvalue weighted by Crippen LogP contribution is -2.30.